The van der Waals surface area contributed by atoms with Crippen LogP contribution in [0.25, 0.3) is 0 Å². The standard InChI is InChI=1S/C17H26N4O4S/c1-26(23,24)21-11-7-13(8-12-21)16(22)20-14-3-5-15(6-4-14)25-17-18-9-2-10-19-17/h2,9-10,13-15H,3-8,11-12H2,1H3,(H,20,22). The largest absolute Gasteiger partial charge is 0.460 e. The van der Waals surface area contributed by atoms with E-state index in [0.717, 1.165) is 25.7 Å². The van der Waals surface area contributed by atoms with Crippen molar-refractivity contribution in [1.29, 1.82) is 0 Å². The third kappa shape index (κ3) is 5.14. The van der Waals surface area contributed by atoms with Crippen LogP contribution >= 0.6 is 0 Å². The van der Waals surface area contributed by atoms with Crippen LogP contribution in [0.4, 0.5) is 0 Å². The van der Waals surface area contributed by atoms with Gasteiger partial charge in [-0.15, -0.1) is 0 Å². The SMILES string of the molecule is CS(=O)(=O)N1CCC(C(=O)NC2CCC(Oc3ncccn3)CC2)CC1. The highest BCUT2D eigenvalue weighted by Gasteiger charge is 2.31. The Bertz CT molecular complexity index is 697. The molecule has 1 aromatic heterocycles. The summed E-state index contributed by atoms with van der Waals surface area (Å²) >= 11 is 0. The summed E-state index contributed by atoms with van der Waals surface area (Å²) in [5, 5.41) is 3.13. The van der Waals surface area contributed by atoms with E-state index in [9.17, 15) is 13.2 Å². The second-order valence-corrected chi connectivity index (χ2v) is 9.05. The number of amides is 1. The van der Waals surface area contributed by atoms with Crippen LogP contribution in [0, 0.1) is 5.92 Å². The minimum Gasteiger partial charge on any atom is -0.460 e. The number of nitrogens with zero attached hydrogens (tertiary/aromatic N) is 3. The number of aromatic nitrogens is 2. The van der Waals surface area contributed by atoms with Crippen LogP contribution in [0.3, 0.4) is 0 Å². The molecular formula is C17H26N4O4S. The fraction of sp³-hybridized carbons (Fsp3) is 0.706. The summed E-state index contributed by atoms with van der Waals surface area (Å²) in [6.07, 6.45) is 9.23. The van der Waals surface area contributed by atoms with Gasteiger partial charge in [-0.25, -0.2) is 22.7 Å². The Morgan fingerprint density at radius 1 is 1.12 bits per heavy atom. The number of nitrogens with one attached hydrogen (secondary N) is 1. The van der Waals surface area contributed by atoms with Gasteiger partial charge in [-0.1, -0.05) is 0 Å². The molecule has 1 saturated heterocycles. The molecule has 1 aliphatic carbocycles. The second kappa shape index (κ2) is 8.30. The first kappa shape index (κ1) is 19.0. The minimum absolute atomic E-state index is 0.0499. The zero-order valence-electron chi connectivity index (χ0n) is 15.0. The number of rotatable bonds is 5. The molecule has 1 saturated carbocycles. The van der Waals surface area contributed by atoms with Gasteiger partial charge >= 0.3 is 6.01 Å². The Balaban J connectivity index is 1.40. The molecule has 8 nitrogen and oxygen atoms in total. The summed E-state index contributed by atoms with van der Waals surface area (Å²) in [6.45, 7) is 0.850. The van der Waals surface area contributed by atoms with Crippen LogP contribution in [-0.2, 0) is 14.8 Å². The van der Waals surface area contributed by atoms with Crippen molar-refractivity contribution in [2.45, 2.75) is 50.7 Å². The molecule has 0 bridgehead atoms. The maximum Gasteiger partial charge on any atom is 0.316 e. The van der Waals surface area contributed by atoms with Crippen molar-refractivity contribution < 1.29 is 17.9 Å². The first-order valence-electron chi connectivity index (χ1n) is 9.11. The van der Waals surface area contributed by atoms with E-state index in [4.69, 9.17) is 4.74 Å². The normalized spacial score (nSPS) is 25.6. The van der Waals surface area contributed by atoms with Crippen molar-refractivity contribution in [3.05, 3.63) is 18.5 Å². The van der Waals surface area contributed by atoms with Crippen LogP contribution < -0.4 is 10.1 Å². The number of piperidine rings is 1. The van der Waals surface area contributed by atoms with Crippen molar-refractivity contribution in [2.75, 3.05) is 19.3 Å². The lowest BCUT2D eigenvalue weighted by atomic mass is 9.91. The average Bonchev–Trinajstić information content (AvgIpc) is 2.63. The molecule has 2 fully saturated rings. The third-order valence-corrected chi connectivity index (χ3v) is 6.43. The second-order valence-electron chi connectivity index (χ2n) is 7.07. The van der Waals surface area contributed by atoms with Crippen molar-refractivity contribution in [3.8, 4) is 6.01 Å². The van der Waals surface area contributed by atoms with E-state index in [1.54, 1.807) is 18.5 Å². The number of carbonyl (C=O) groups excluding carboxylic acids is 1. The molecule has 0 spiro atoms. The minimum atomic E-state index is -3.16. The highest BCUT2D eigenvalue weighted by atomic mass is 32.2. The van der Waals surface area contributed by atoms with Crippen molar-refractivity contribution in [3.63, 3.8) is 0 Å². The van der Waals surface area contributed by atoms with Crippen molar-refractivity contribution >= 4 is 15.9 Å². The summed E-state index contributed by atoms with van der Waals surface area (Å²) in [7, 11) is -3.16. The first-order chi connectivity index (χ1) is 12.4. The topological polar surface area (TPSA) is 101 Å². The van der Waals surface area contributed by atoms with Gasteiger partial charge < -0.3 is 10.1 Å². The maximum absolute atomic E-state index is 12.5. The lowest BCUT2D eigenvalue weighted by molar-refractivity contribution is -0.127. The number of carbonyl (C=O) groups is 1. The predicted octanol–water partition coefficient (Wildman–Crippen LogP) is 0.954. The molecule has 0 atom stereocenters. The average molecular weight is 382 g/mol. The summed E-state index contributed by atoms with van der Waals surface area (Å²) < 4.78 is 30.3. The van der Waals surface area contributed by atoms with E-state index in [-0.39, 0.29) is 24.0 Å². The molecule has 1 aromatic rings. The van der Waals surface area contributed by atoms with Gasteiger partial charge in [0.1, 0.15) is 6.10 Å². The smallest absolute Gasteiger partial charge is 0.316 e. The van der Waals surface area contributed by atoms with Gasteiger partial charge in [0.25, 0.3) is 0 Å². The van der Waals surface area contributed by atoms with Crippen LogP contribution in [0.1, 0.15) is 38.5 Å². The summed E-state index contributed by atoms with van der Waals surface area (Å²) in [4.78, 5) is 20.6. The number of hydrogen-bond donors (Lipinski definition) is 1. The molecule has 0 radical (unpaired) electrons. The zero-order valence-corrected chi connectivity index (χ0v) is 15.8. The Morgan fingerprint density at radius 3 is 2.31 bits per heavy atom. The van der Waals surface area contributed by atoms with Gasteiger partial charge in [-0.2, -0.15) is 0 Å². The highest BCUT2D eigenvalue weighted by Crippen LogP contribution is 2.24. The zero-order chi connectivity index (χ0) is 18.6. The third-order valence-electron chi connectivity index (χ3n) is 5.13. The van der Waals surface area contributed by atoms with Crippen LogP contribution in [0.5, 0.6) is 6.01 Å². The molecule has 1 N–H and O–H groups in total. The number of ether oxygens (including phenoxy) is 1. The van der Waals surface area contributed by atoms with Crippen LogP contribution in [-0.4, -0.2) is 60.1 Å². The number of hydrogen-bond acceptors (Lipinski definition) is 6. The quantitative estimate of drug-likeness (QED) is 0.814. The molecule has 3 rings (SSSR count). The molecule has 2 aliphatic rings. The van der Waals surface area contributed by atoms with E-state index in [1.807, 2.05) is 0 Å². The van der Waals surface area contributed by atoms with Gasteiger partial charge in [-0.3, -0.25) is 4.79 Å². The van der Waals surface area contributed by atoms with Crippen molar-refractivity contribution in [2.24, 2.45) is 5.92 Å². The van der Waals surface area contributed by atoms with Gasteiger partial charge in [0.2, 0.25) is 15.9 Å². The number of sulfonamides is 1. The van der Waals surface area contributed by atoms with Gasteiger partial charge in [0.05, 0.1) is 6.26 Å². The van der Waals surface area contributed by atoms with E-state index < -0.39 is 10.0 Å². The van der Waals surface area contributed by atoms with E-state index >= 15 is 0 Å². The molecule has 9 heteroatoms. The summed E-state index contributed by atoms with van der Waals surface area (Å²) in [5.74, 6) is -0.0476. The Labute approximate surface area is 154 Å². The molecule has 0 aromatic carbocycles. The molecular weight excluding hydrogens is 356 g/mol. The van der Waals surface area contributed by atoms with E-state index in [2.05, 4.69) is 15.3 Å². The first-order valence-corrected chi connectivity index (χ1v) is 11.0. The predicted molar refractivity (Wildman–Crippen MR) is 96.0 cm³/mol. The molecule has 1 aliphatic heterocycles. The fourth-order valence-electron chi connectivity index (χ4n) is 3.59. The summed E-state index contributed by atoms with van der Waals surface area (Å²) in [5.41, 5.74) is 0. The fourth-order valence-corrected chi connectivity index (χ4v) is 4.46. The van der Waals surface area contributed by atoms with Gasteiger partial charge in [0.15, 0.2) is 0 Å². The molecule has 1 amide bonds. The maximum atomic E-state index is 12.5. The van der Waals surface area contributed by atoms with E-state index in [1.165, 1.54) is 10.6 Å². The monoisotopic (exact) mass is 382 g/mol. The van der Waals surface area contributed by atoms with Gasteiger partial charge in [0, 0.05) is 37.4 Å². The van der Waals surface area contributed by atoms with E-state index in [0.29, 0.717) is 31.9 Å². The van der Waals surface area contributed by atoms with Crippen LogP contribution in [0.2, 0.25) is 0 Å². The Hall–Kier alpha value is -1.74. The lowest BCUT2D eigenvalue weighted by Gasteiger charge is -2.32. The molecule has 26 heavy (non-hydrogen) atoms. The highest BCUT2D eigenvalue weighted by molar-refractivity contribution is 7.88. The van der Waals surface area contributed by atoms with Gasteiger partial charge in [-0.05, 0) is 44.6 Å². The van der Waals surface area contributed by atoms with Crippen molar-refractivity contribution in [1.82, 2.24) is 19.6 Å². The molecule has 144 valence electrons. The Kier molecular flexibility index (Phi) is 6.08. The Morgan fingerprint density at radius 2 is 1.73 bits per heavy atom. The van der Waals surface area contributed by atoms with Crippen LogP contribution in [0.15, 0.2) is 18.5 Å². The molecule has 0 unspecified atom stereocenters. The lowest BCUT2D eigenvalue weighted by Crippen LogP contribution is -2.46. The summed E-state index contributed by atoms with van der Waals surface area (Å²) in [6, 6.07) is 2.31. The molecule has 2 heterocycles.